The zero-order valence-electron chi connectivity index (χ0n) is 6.18. The first-order valence-electron chi connectivity index (χ1n) is 3.86. The van der Waals surface area contributed by atoms with Gasteiger partial charge in [-0.1, -0.05) is 13.3 Å². The highest BCUT2D eigenvalue weighted by Crippen LogP contribution is 2.74. The van der Waals surface area contributed by atoms with Crippen molar-refractivity contribution >= 4 is 5.97 Å². The Balaban J connectivity index is 2.04. The van der Waals surface area contributed by atoms with E-state index in [-0.39, 0.29) is 5.41 Å². The first-order chi connectivity index (χ1) is 4.63. The summed E-state index contributed by atoms with van der Waals surface area (Å²) in [6.45, 7) is 2.16. The van der Waals surface area contributed by atoms with Crippen molar-refractivity contribution in [2.45, 2.75) is 32.6 Å². The summed E-state index contributed by atoms with van der Waals surface area (Å²) in [5, 5.41) is 8.74. The fourth-order valence-corrected chi connectivity index (χ4v) is 2.60. The minimum atomic E-state index is -0.567. The molecule has 0 atom stereocenters. The van der Waals surface area contributed by atoms with Crippen LogP contribution in [-0.2, 0) is 4.79 Å². The molecule has 3 aliphatic carbocycles. The smallest absolute Gasteiger partial charge is 0.309 e. The second kappa shape index (κ2) is 1.39. The van der Waals surface area contributed by atoms with Crippen molar-refractivity contribution in [2.24, 2.45) is 10.8 Å². The number of hydrogen-bond donors (Lipinski definition) is 1. The van der Waals surface area contributed by atoms with Gasteiger partial charge in [-0.2, -0.15) is 0 Å². The molecule has 0 aromatic rings. The number of carbonyl (C=O) groups is 1. The quantitative estimate of drug-likeness (QED) is 0.633. The van der Waals surface area contributed by atoms with Crippen LogP contribution in [0, 0.1) is 10.8 Å². The van der Waals surface area contributed by atoms with Gasteiger partial charge in [0.05, 0.1) is 5.41 Å². The lowest BCUT2D eigenvalue weighted by Gasteiger charge is -2.68. The third-order valence-corrected chi connectivity index (χ3v) is 3.34. The average Bonchev–Trinajstić information content (AvgIpc) is 1.57. The number of rotatable bonds is 2. The van der Waals surface area contributed by atoms with Crippen molar-refractivity contribution in [2.75, 3.05) is 0 Å². The summed E-state index contributed by atoms with van der Waals surface area (Å²) in [5.74, 6) is -0.567. The SMILES string of the molecule is CCC12CC(C(=O)O)(C1)C2. The molecule has 2 bridgehead atoms. The zero-order chi connectivity index (χ0) is 7.41. The molecule has 0 radical (unpaired) electrons. The van der Waals surface area contributed by atoms with E-state index in [9.17, 15) is 4.79 Å². The third-order valence-electron chi connectivity index (χ3n) is 3.34. The molecule has 0 aromatic heterocycles. The molecule has 10 heavy (non-hydrogen) atoms. The minimum Gasteiger partial charge on any atom is -0.481 e. The summed E-state index contributed by atoms with van der Waals surface area (Å²) in [6, 6.07) is 0. The van der Waals surface area contributed by atoms with Crippen molar-refractivity contribution in [3.8, 4) is 0 Å². The van der Waals surface area contributed by atoms with E-state index in [2.05, 4.69) is 6.92 Å². The van der Waals surface area contributed by atoms with Gasteiger partial charge in [-0.25, -0.2) is 0 Å². The van der Waals surface area contributed by atoms with Crippen LogP contribution in [0.2, 0.25) is 0 Å². The third kappa shape index (κ3) is 0.446. The van der Waals surface area contributed by atoms with Gasteiger partial charge in [0.25, 0.3) is 0 Å². The van der Waals surface area contributed by atoms with Crippen molar-refractivity contribution in [1.29, 1.82) is 0 Å². The molecule has 3 rings (SSSR count). The monoisotopic (exact) mass is 140 g/mol. The first kappa shape index (κ1) is 6.20. The highest BCUT2D eigenvalue weighted by atomic mass is 16.4. The van der Waals surface area contributed by atoms with Crippen LogP contribution >= 0.6 is 0 Å². The van der Waals surface area contributed by atoms with Crippen molar-refractivity contribution in [3.63, 3.8) is 0 Å². The van der Waals surface area contributed by atoms with E-state index in [0.717, 1.165) is 19.3 Å². The molecule has 0 saturated heterocycles. The van der Waals surface area contributed by atoms with Gasteiger partial charge in [-0.05, 0) is 24.7 Å². The Hall–Kier alpha value is -0.530. The largest absolute Gasteiger partial charge is 0.481 e. The first-order valence-corrected chi connectivity index (χ1v) is 3.86. The maximum absolute atomic E-state index is 10.6. The van der Waals surface area contributed by atoms with Crippen LogP contribution in [0.3, 0.4) is 0 Å². The normalized spacial score (nSPS) is 49.3. The molecule has 0 spiro atoms. The number of aliphatic carboxylic acids is 1. The Morgan fingerprint density at radius 1 is 1.50 bits per heavy atom. The molecule has 0 heterocycles. The molecule has 0 aromatic carbocycles. The summed E-state index contributed by atoms with van der Waals surface area (Å²) in [5.41, 5.74) is 0.217. The van der Waals surface area contributed by atoms with Crippen LogP contribution in [0.4, 0.5) is 0 Å². The molecule has 3 fully saturated rings. The molecule has 0 unspecified atom stereocenters. The molecular weight excluding hydrogens is 128 g/mol. The number of carboxylic acids is 1. The molecule has 3 aliphatic rings. The summed E-state index contributed by atoms with van der Waals surface area (Å²) < 4.78 is 0. The summed E-state index contributed by atoms with van der Waals surface area (Å²) in [6.07, 6.45) is 4.02. The summed E-state index contributed by atoms with van der Waals surface area (Å²) in [7, 11) is 0. The molecule has 0 aliphatic heterocycles. The van der Waals surface area contributed by atoms with Crippen LogP contribution < -0.4 is 0 Å². The van der Waals surface area contributed by atoms with E-state index < -0.39 is 5.97 Å². The van der Waals surface area contributed by atoms with Crippen LogP contribution in [0.25, 0.3) is 0 Å². The fraction of sp³-hybridized carbons (Fsp3) is 0.875. The Morgan fingerprint density at radius 2 is 2.00 bits per heavy atom. The lowest BCUT2D eigenvalue weighted by molar-refractivity contribution is -0.223. The second-order valence-corrected chi connectivity index (χ2v) is 3.97. The molecule has 56 valence electrons. The molecular formula is C8H12O2. The average molecular weight is 140 g/mol. The van der Waals surface area contributed by atoms with E-state index in [4.69, 9.17) is 5.11 Å². The van der Waals surface area contributed by atoms with Crippen LogP contribution in [-0.4, -0.2) is 11.1 Å². The Kier molecular flexibility index (Phi) is 0.859. The lowest BCUT2D eigenvalue weighted by atomic mass is 9.34. The van der Waals surface area contributed by atoms with E-state index in [1.54, 1.807) is 0 Å². The van der Waals surface area contributed by atoms with Crippen molar-refractivity contribution in [3.05, 3.63) is 0 Å². The molecule has 3 saturated carbocycles. The van der Waals surface area contributed by atoms with E-state index in [1.807, 2.05) is 0 Å². The Labute approximate surface area is 60.2 Å². The zero-order valence-corrected chi connectivity index (χ0v) is 6.18. The van der Waals surface area contributed by atoms with Gasteiger partial charge in [-0.3, -0.25) is 4.79 Å². The van der Waals surface area contributed by atoms with Gasteiger partial charge >= 0.3 is 5.97 Å². The van der Waals surface area contributed by atoms with Gasteiger partial charge in [0.1, 0.15) is 0 Å². The van der Waals surface area contributed by atoms with Crippen LogP contribution in [0.5, 0.6) is 0 Å². The van der Waals surface area contributed by atoms with E-state index in [1.165, 1.54) is 6.42 Å². The van der Waals surface area contributed by atoms with Crippen molar-refractivity contribution < 1.29 is 9.90 Å². The highest BCUT2D eigenvalue weighted by molar-refractivity contribution is 5.79. The Morgan fingerprint density at radius 3 is 2.30 bits per heavy atom. The summed E-state index contributed by atoms with van der Waals surface area (Å²) >= 11 is 0. The molecule has 1 N–H and O–H groups in total. The minimum absolute atomic E-state index is 0.254. The van der Waals surface area contributed by atoms with Crippen LogP contribution in [0.1, 0.15) is 32.6 Å². The van der Waals surface area contributed by atoms with Gasteiger partial charge in [0.2, 0.25) is 0 Å². The standard InChI is InChI=1S/C8H12O2/c1-2-7-3-8(4-7,5-7)6(9)10/h2-5H2,1H3,(H,9,10). The molecule has 0 amide bonds. The van der Waals surface area contributed by atoms with Crippen LogP contribution in [0.15, 0.2) is 0 Å². The number of hydrogen-bond acceptors (Lipinski definition) is 1. The maximum atomic E-state index is 10.6. The summed E-state index contributed by atoms with van der Waals surface area (Å²) in [4.78, 5) is 10.6. The highest BCUT2D eigenvalue weighted by Gasteiger charge is 2.70. The van der Waals surface area contributed by atoms with Gasteiger partial charge in [-0.15, -0.1) is 0 Å². The van der Waals surface area contributed by atoms with Crippen molar-refractivity contribution in [1.82, 2.24) is 0 Å². The van der Waals surface area contributed by atoms with E-state index in [0.29, 0.717) is 5.41 Å². The molecule has 2 nitrogen and oxygen atoms in total. The topological polar surface area (TPSA) is 37.3 Å². The number of carboxylic acid groups (broad SMARTS) is 1. The molecule has 2 heteroatoms. The van der Waals surface area contributed by atoms with Gasteiger partial charge in [0, 0.05) is 0 Å². The van der Waals surface area contributed by atoms with Gasteiger partial charge in [0.15, 0.2) is 0 Å². The second-order valence-electron chi connectivity index (χ2n) is 3.97. The van der Waals surface area contributed by atoms with Gasteiger partial charge < -0.3 is 5.11 Å². The predicted octanol–water partition coefficient (Wildman–Crippen LogP) is 1.65. The predicted molar refractivity (Wildman–Crippen MR) is 36.6 cm³/mol. The van der Waals surface area contributed by atoms with E-state index >= 15 is 0 Å². The Bertz CT molecular complexity index is 176. The lowest BCUT2D eigenvalue weighted by Crippen LogP contribution is -2.64. The fourth-order valence-electron chi connectivity index (χ4n) is 2.60. The maximum Gasteiger partial charge on any atom is 0.309 e.